The van der Waals surface area contributed by atoms with E-state index in [4.69, 9.17) is 11.2 Å². The van der Waals surface area contributed by atoms with Gasteiger partial charge in [0.25, 0.3) is 0 Å². The number of terminal acetylenes is 1. The summed E-state index contributed by atoms with van der Waals surface area (Å²) >= 11 is 3.16. The van der Waals surface area contributed by atoms with Gasteiger partial charge in [0.15, 0.2) is 11.2 Å². The highest BCUT2D eigenvalue weighted by atomic mass is 79.9. The van der Waals surface area contributed by atoms with E-state index in [-0.39, 0.29) is 6.61 Å². The Balaban J connectivity index is 2.24. The van der Waals surface area contributed by atoms with Crippen LogP contribution in [0.25, 0.3) is 0 Å². The number of aliphatic imine (C=N–C) groups is 1. The van der Waals surface area contributed by atoms with E-state index in [1.54, 1.807) is 6.92 Å². The van der Waals surface area contributed by atoms with Gasteiger partial charge in [0.2, 0.25) is 0 Å². The van der Waals surface area contributed by atoms with Gasteiger partial charge in [-0.15, -0.1) is 6.42 Å². The molecule has 0 atom stereocenters. The van der Waals surface area contributed by atoms with Crippen LogP contribution in [0, 0.1) is 12.3 Å². The summed E-state index contributed by atoms with van der Waals surface area (Å²) in [5.41, 5.74) is 3.56. The minimum atomic E-state index is -0.630. The van der Waals surface area contributed by atoms with E-state index in [2.05, 4.69) is 32.3 Å². The molecule has 2 heterocycles. The molecule has 0 aromatic heterocycles. The zero-order valence-corrected chi connectivity index (χ0v) is 10.9. The Morgan fingerprint density at radius 1 is 1.78 bits per heavy atom. The minimum Gasteiger partial charge on any atom is -0.436 e. The summed E-state index contributed by atoms with van der Waals surface area (Å²) in [6, 6.07) is 0. The molecule has 0 aromatic carbocycles. The maximum Gasteiger partial charge on any atom is 0.420 e. The second-order valence-electron chi connectivity index (χ2n) is 3.39. The van der Waals surface area contributed by atoms with Crippen LogP contribution in [0.4, 0.5) is 4.79 Å². The molecule has 8 heteroatoms. The summed E-state index contributed by atoms with van der Waals surface area (Å²) < 4.78 is 5.16. The quantitative estimate of drug-likeness (QED) is 0.560. The number of hydroxylamine groups is 1. The number of halogens is 1. The molecule has 0 saturated heterocycles. The van der Waals surface area contributed by atoms with Gasteiger partial charge in [0, 0.05) is 6.20 Å². The molecule has 0 fully saturated rings. The fraction of sp³-hybridized carbons (Fsp3) is 0.200. The van der Waals surface area contributed by atoms with Gasteiger partial charge in [0.1, 0.15) is 17.2 Å². The molecule has 0 aromatic rings. The van der Waals surface area contributed by atoms with Crippen LogP contribution in [0.1, 0.15) is 6.92 Å². The normalized spacial score (nSPS) is 17.7. The highest BCUT2D eigenvalue weighted by Gasteiger charge is 2.30. The van der Waals surface area contributed by atoms with Gasteiger partial charge in [0.05, 0.1) is 0 Å². The summed E-state index contributed by atoms with van der Waals surface area (Å²) in [6.07, 6.45) is 5.84. The van der Waals surface area contributed by atoms with Crippen LogP contribution < -0.4 is 5.43 Å². The molecule has 7 nitrogen and oxygen atoms in total. The van der Waals surface area contributed by atoms with Crippen molar-refractivity contribution in [1.29, 1.82) is 0 Å². The molecule has 18 heavy (non-hydrogen) atoms. The standard InChI is InChI=1S/C10H9BrN4O3/c1-3-4-18-10(16)14-5-7-8(12-6(14)2)9(11)15(17)13-7/h1,5,13,17H,4H2,2H3. The van der Waals surface area contributed by atoms with Crippen LogP contribution in [0.2, 0.25) is 0 Å². The summed E-state index contributed by atoms with van der Waals surface area (Å²) in [4.78, 5) is 17.0. The molecule has 2 rings (SSSR count). The Morgan fingerprint density at radius 3 is 3.17 bits per heavy atom. The van der Waals surface area contributed by atoms with Crippen LogP contribution in [-0.4, -0.2) is 33.8 Å². The number of carbonyl (C=O) groups is 1. The first kappa shape index (κ1) is 12.5. The fourth-order valence-electron chi connectivity index (χ4n) is 1.42. The molecular formula is C10H9BrN4O3. The predicted molar refractivity (Wildman–Crippen MR) is 65.9 cm³/mol. The van der Waals surface area contributed by atoms with Crippen molar-refractivity contribution in [3.8, 4) is 12.3 Å². The molecule has 0 aliphatic carbocycles. The van der Waals surface area contributed by atoms with Gasteiger partial charge in [-0.05, 0) is 22.9 Å². The van der Waals surface area contributed by atoms with Crippen molar-refractivity contribution < 1.29 is 14.7 Å². The molecule has 94 valence electrons. The van der Waals surface area contributed by atoms with Crippen molar-refractivity contribution >= 4 is 27.9 Å². The smallest absolute Gasteiger partial charge is 0.420 e. The second kappa shape index (κ2) is 4.72. The lowest BCUT2D eigenvalue weighted by molar-refractivity contribution is -0.0738. The zero-order valence-electron chi connectivity index (χ0n) is 9.35. The van der Waals surface area contributed by atoms with E-state index < -0.39 is 6.09 Å². The monoisotopic (exact) mass is 312 g/mol. The van der Waals surface area contributed by atoms with Gasteiger partial charge in [-0.3, -0.25) is 10.6 Å². The maximum absolute atomic E-state index is 11.7. The molecule has 1 amide bonds. The molecule has 2 aliphatic heterocycles. The Morgan fingerprint density at radius 2 is 2.50 bits per heavy atom. The number of rotatable bonds is 1. The molecule has 0 saturated carbocycles. The third kappa shape index (κ3) is 2.05. The lowest BCUT2D eigenvalue weighted by Gasteiger charge is -2.21. The predicted octanol–water partition coefficient (Wildman–Crippen LogP) is 1.11. The third-order valence-electron chi connectivity index (χ3n) is 2.22. The van der Waals surface area contributed by atoms with E-state index in [1.165, 1.54) is 11.1 Å². The molecule has 0 bridgehead atoms. The van der Waals surface area contributed by atoms with E-state index >= 15 is 0 Å². The lowest BCUT2D eigenvalue weighted by Crippen LogP contribution is -2.35. The fourth-order valence-corrected chi connectivity index (χ4v) is 1.81. The van der Waals surface area contributed by atoms with E-state index in [1.807, 2.05) is 0 Å². The first-order chi connectivity index (χ1) is 8.54. The average molecular weight is 313 g/mol. The number of ether oxygens (including phenoxy) is 1. The Kier molecular flexibility index (Phi) is 3.27. The number of fused-ring (bicyclic) bond motifs is 1. The maximum atomic E-state index is 11.7. The van der Waals surface area contributed by atoms with Crippen LogP contribution >= 0.6 is 15.9 Å². The molecule has 2 N–H and O–H groups in total. The number of hydrogen-bond acceptors (Lipinski definition) is 6. The van der Waals surface area contributed by atoms with E-state index in [0.29, 0.717) is 21.8 Å². The summed E-state index contributed by atoms with van der Waals surface area (Å²) in [7, 11) is 0. The number of amidine groups is 1. The molecule has 0 unspecified atom stereocenters. The lowest BCUT2D eigenvalue weighted by atomic mass is 10.3. The highest BCUT2D eigenvalue weighted by molar-refractivity contribution is 9.11. The Hall–Kier alpha value is -1.98. The van der Waals surface area contributed by atoms with Crippen LogP contribution in [0.15, 0.2) is 27.2 Å². The highest BCUT2D eigenvalue weighted by Crippen LogP contribution is 2.30. The van der Waals surface area contributed by atoms with Gasteiger partial charge < -0.3 is 4.74 Å². The Bertz CT molecular complexity index is 532. The second-order valence-corrected chi connectivity index (χ2v) is 4.14. The summed E-state index contributed by atoms with van der Waals surface area (Å²) in [5, 5.41) is 10.2. The van der Waals surface area contributed by atoms with Gasteiger partial charge in [-0.25, -0.2) is 14.7 Å². The van der Waals surface area contributed by atoms with E-state index in [9.17, 15) is 10.0 Å². The summed E-state index contributed by atoms with van der Waals surface area (Å²) in [5.74, 6) is 2.61. The first-order valence-electron chi connectivity index (χ1n) is 4.87. The van der Waals surface area contributed by atoms with Crippen molar-refractivity contribution in [1.82, 2.24) is 15.5 Å². The average Bonchev–Trinajstić information content (AvgIpc) is 2.62. The minimum absolute atomic E-state index is 0.113. The number of hydrogen-bond donors (Lipinski definition) is 2. The topological polar surface area (TPSA) is 77.4 Å². The van der Waals surface area contributed by atoms with Crippen LogP contribution in [0.3, 0.4) is 0 Å². The number of carbonyl (C=O) groups excluding carboxylic acids is 1. The van der Waals surface area contributed by atoms with Crippen molar-refractivity contribution in [2.45, 2.75) is 6.92 Å². The van der Waals surface area contributed by atoms with Crippen molar-refractivity contribution in [3.05, 3.63) is 22.2 Å². The van der Waals surface area contributed by atoms with Crippen LogP contribution in [-0.2, 0) is 4.74 Å². The molecule has 0 radical (unpaired) electrons. The molecule has 0 spiro atoms. The number of nitrogens with zero attached hydrogens (tertiary/aromatic N) is 3. The van der Waals surface area contributed by atoms with Gasteiger partial charge >= 0.3 is 6.09 Å². The number of nitrogens with one attached hydrogen (secondary N) is 1. The van der Waals surface area contributed by atoms with E-state index in [0.717, 1.165) is 5.17 Å². The number of amides is 1. The first-order valence-corrected chi connectivity index (χ1v) is 5.66. The Labute approximate surface area is 111 Å². The molecule has 2 aliphatic rings. The third-order valence-corrected chi connectivity index (χ3v) is 2.93. The van der Waals surface area contributed by atoms with Gasteiger partial charge in [-0.2, -0.15) is 5.17 Å². The SMILES string of the molecule is C#CCOC(=O)N1C=C2NN(O)C(Br)=C2N=C1C. The molecular weight excluding hydrogens is 304 g/mol. The van der Waals surface area contributed by atoms with Crippen molar-refractivity contribution in [3.63, 3.8) is 0 Å². The van der Waals surface area contributed by atoms with Crippen molar-refractivity contribution in [2.24, 2.45) is 4.99 Å². The van der Waals surface area contributed by atoms with Crippen LogP contribution in [0.5, 0.6) is 0 Å². The van der Waals surface area contributed by atoms with Gasteiger partial charge in [-0.1, -0.05) is 5.92 Å². The largest absolute Gasteiger partial charge is 0.436 e. The van der Waals surface area contributed by atoms with Crippen molar-refractivity contribution in [2.75, 3.05) is 6.61 Å². The number of hydrazine groups is 1. The summed E-state index contributed by atoms with van der Waals surface area (Å²) in [6.45, 7) is 1.52. The zero-order chi connectivity index (χ0) is 13.3.